The number of nitrogens with zero attached hydrogens (tertiary/aromatic N) is 4. The van der Waals surface area contributed by atoms with Crippen LogP contribution in [-0.2, 0) is 6.54 Å². The van der Waals surface area contributed by atoms with Crippen molar-refractivity contribution in [1.82, 2.24) is 19.4 Å². The summed E-state index contributed by atoms with van der Waals surface area (Å²) in [7, 11) is 1.54. The first-order chi connectivity index (χ1) is 9.50. The lowest BCUT2D eigenvalue weighted by Crippen LogP contribution is -2.29. The van der Waals surface area contributed by atoms with Crippen molar-refractivity contribution in [3.05, 3.63) is 47.8 Å². The molecule has 0 aromatic carbocycles. The lowest BCUT2D eigenvalue weighted by molar-refractivity contribution is 0.0563. The van der Waals surface area contributed by atoms with Crippen LogP contribution in [0.2, 0.25) is 0 Å². The van der Waals surface area contributed by atoms with E-state index in [-0.39, 0.29) is 12.2 Å². The van der Waals surface area contributed by atoms with Crippen LogP contribution in [0.4, 0.5) is 8.78 Å². The highest BCUT2D eigenvalue weighted by Gasteiger charge is 2.22. The molecule has 0 radical (unpaired) electrons. The minimum Gasteiger partial charge on any atom is -0.334 e. The topological polar surface area (TPSA) is 51.0 Å². The van der Waals surface area contributed by atoms with Gasteiger partial charge in [0.2, 0.25) is 0 Å². The number of carbonyl (C=O) groups excluding carboxylic acids is 1. The molecule has 2 aromatic rings. The number of hydrogen-bond donors (Lipinski definition) is 0. The fourth-order valence-corrected chi connectivity index (χ4v) is 1.91. The van der Waals surface area contributed by atoms with E-state index in [2.05, 4.69) is 9.97 Å². The lowest BCUT2D eigenvalue weighted by Gasteiger charge is -2.18. The number of amides is 1. The molecule has 2 heterocycles. The van der Waals surface area contributed by atoms with Gasteiger partial charge < -0.3 is 4.90 Å². The van der Waals surface area contributed by atoms with Gasteiger partial charge in [0.15, 0.2) is 0 Å². The molecule has 0 N–H and O–H groups in total. The highest BCUT2D eigenvalue weighted by atomic mass is 19.3. The minimum absolute atomic E-state index is 0.0381. The zero-order valence-electron chi connectivity index (χ0n) is 11.1. The van der Waals surface area contributed by atoms with Crippen molar-refractivity contribution < 1.29 is 13.6 Å². The van der Waals surface area contributed by atoms with Gasteiger partial charge in [-0.2, -0.15) is 8.78 Å². The van der Waals surface area contributed by atoms with Crippen LogP contribution in [0.25, 0.3) is 0 Å². The van der Waals surface area contributed by atoms with Crippen molar-refractivity contribution in [1.29, 1.82) is 0 Å². The molecule has 20 heavy (non-hydrogen) atoms. The molecule has 0 saturated heterocycles. The van der Waals surface area contributed by atoms with Gasteiger partial charge in [-0.3, -0.25) is 19.3 Å². The molecule has 0 aliphatic heterocycles. The Hall–Kier alpha value is -2.31. The smallest absolute Gasteiger partial charge is 0.319 e. The van der Waals surface area contributed by atoms with E-state index in [1.54, 1.807) is 0 Å². The normalized spacial score (nSPS) is 10.8. The van der Waals surface area contributed by atoms with Crippen LogP contribution in [0.1, 0.15) is 28.4 Å². The van der Waals surface area contributed by atoms with Gasteiger partial charge in [-0.15, -0.1) is 0 Å². The summed E-state index contributed by atoms with van der Waals surface area (Å²) in [6.07, 6.45) is 4.57. The molecule has 106 valence electrons. The number of alkyl halides is 2. The summed E-state index contributed by atoms with van der Waals surface area (Å²) in [4.78, 5) is 21.5. The van der Waals surface area contributed by atoms with Crippen LogP contribution in [0, 0.1) is 6.92 Å². The van der Waals surface area contributed by atoms with Crippen molar-refractivity contribution in [2.75, 3.05) is 7.05 Å². The maximum atomic E-state index is 12.9. The molecule has 0 aliphatic rings. The van der Waals surface area contributed by atoms with Crippen LogP contribution in [0.5, 0.6) is 0 Å². The van der Waals surface area contributed by atoms with E-state index in [4.69, 9.17) is 0 Å². The maximum absolute atomic E-state index is 12.9. The van der Waals surface area contributed by atoms with Crippen LogP contribution in [-0.4, -0.2) is 32.4 Å². The summed E-state index contributed by atoms with van der Waals surface area (Å²) in [6, 6.07) is 2.90. The monoisotopic (exact) mass is 280 g/mol. The van der Waals surface area contributed by atoms with Crippen LogP contribution in [0.15, 0.2) is 30.7 Å². The van der Waals surface area contributed by atoms with Crippen molar-refractivity contribution in [3.63, 3.8) is 0 Å². The average molecular weight is 280 g/mol. The zero-order valence-corrected chi connectivity index (χ0v) is 11.1. The van der Waals surface area contributed by atoms with Crippen molar-refractivity contribution in [2.24, 2.45) is 0 Å². The lowest BCUT2D eigenvalue weighted by atomic mass is 10.3. The van der Waals surface area contributed by atoms with Gasteiger partial charge in [0.05, 0.1) is 18.4 Å². The quantitative estimate of drug-likeness (QED) is 0.863. The van der Waals surface area contributed by atoms with E-state index < -0.39 is 12.5 Å². The predicted octanol–water partition coefficient (Wildman–Crippen LogP) is 2.25. The van der Waals surface area contributed by atoms with Gasteiger partial charge in [-0.05, 0) is 19.1 Å². The van der Waals surface area contributed by atoms with Crippen molar-refractivity contribution >= 4 is 5.91 Å². The summed E-state index contributed by atoms with van der Waals surface area (Å²) < 4.78 is 26.6. The molecule has 0 bridgehead atoms. The van der Waals surface area contributed by atoms with E-state index in [1.807, 2.05) is 0 Å². The van der Waals surface area contributed by atoms with Gasteiger partial charge in [0, 0.05) is 25.1 Å². The third-order valence-electron chi connectivity index (χ3n) is 2.90. The molecule has 0 fully saturated rings. The number of rotatable bonds is 4. The molecule has 2 aromatic heterocycles. The van der Waals surface area contributed by atoms with Crippen molar-refractivity contribution in [2.45, 2.75) is 20.0 Å². The van der Waals surface area contributed by atoms with E-state index in [0.29, 0.717) is 11.4 Å². The first-order valence-electron chi connectivity index (χ1n) is 5.97. The Bertz CT molecular complexity index is 598. The number of halogens is 2. The van der Waals surface area contributed by atoms with E-state index in [1.165, 1.54) is 49.6 Å². The van der Waals surface area contributed by atoms with E-state index in [0.717, 1.165) is 4.57 Å². The predicted molar refractivity (Wildman–Crippen MR) is 68.3 cm³/mol. The zero-order chi connectivity index (χ0) is 14.7. The molecule has 1 amide bonds. The fourth-order valence-electron chi connectivity index (χ4n) is 1.91. The Balaban J connectivity index is 2.19. The first-order valence-corrected chi connectivity index (χ1v) is 5.97. The molecular weight excluding hydrogens is 266 g/mol. The summed E-state index contributed by atoms with van der Waals surface area (Å²) in [6.45, 7) is -1.000. The van der Waals surface area contributed by atoms with E-state index in [9.17, 15) is 13.6 Å². The molecule has 7 heteroatoms. The molecule has 0 aliphatic carbocycles. The fraction of sp³-hybridized carbons (Fsp3) is 0.308. The third-order valence-corrected chi connectivity index (χ3v) is 2.90. The number of carbonyl (C=O) groups is 1. The SMILES string of the molecule is Cc1ccc(C(=O)N(C)Cc2cnccn2)n1C(F)F. The molecular formula is C13H14F2N4O. The maximum Gasteiger partial charge on any atom is 0.319 e. The largest absolute Gasteiger partial charge is 0.334 e. The highest BCUT2D eigenvalue weighted by Crippen LogP contribution is 2.20. The summed E-state index contributed by atoms with van der Waals surface area (Å²) >= 11 is 0. The Morgan fingerprint density at radius 2 is 2.15 bits per heavy atom. The summed E-state index contributed by atoms with van der Waals surface area (Å²) in [5.41, 5.74) is 0.898. The molecule has 0 atom stereocenters. The first kappa shape index (κ1) is 14.1. The highest BCUT2D eigenvalue weighted by molar-refractivity contribution is 5.92. The van der Waals surface area contributed by atoms with Crippen LogP contribution in [0.3, 0.4) is 0 Å². The number of hydrogen-bond acceptors (Lipinski definition) is 3. The second kappa shape index (κ2) is 5.77. The van der Waals surface area contributed by atoms with Gasteiger partial charge in [-0.1, -0.05) is 0 Å². The standard InChI is InChI=1S/C13H14F2N4O/c1-9-3-4-11(19(9)13(14)15)12(20)18(2)8-10-7-16-5-6-17-10/h3-7,13H,8H2,1-2H3. The van der Waals surface area contributed by atoms with E-state index >= 15 is 0 Å². The Labute approximate surface area is 114 Å². The Morgan fingerprint density at radius 1 is 1.40 bits per heavy atom. The van der Waals surface area contributed by atoms with Crippen molar-refractivity contribution in [3.8, 4) is 0 Å². The summed E-state index contributed by atoms with van der Waals surface area (Å²) in [5.74, 6) is -0.482. The molecule has 0 saturated carbocycles. The summed E-state index contributed by atoms with van der Waals surface area (Å²) in [5, 5.41) is 0. The minimum atomic E-state index is -2.74. The van der Waals surface area contributed by atoms with Crippen LogP contribution >= 0.6 is 0 Å². The second-order valence-electron chi connectivity index (χ2n) is 4.37. The van der Waals surface area contributed by atoms with Gasteiger partial charge in [0.25, 0.3) is 5.91 Å². The average Bonchev–Trinajstić information content (AvgIpc) is 2.81. The third kappa shape index (κ3) is 2.81. The Morgan fingerprint density at radius 3 is 2.75 bits per heavy atom. The molecule has 2 rings (SSSR count). The molecule has 5 nitrogen and oxygen atoms in total. The second-order valence-corrected chi connectivity index (χ2v) is 4.37. The van der Waals surface area contributed by atoms with Crippen LogP contribution < -0.4 is 0 Å². The molecule has 0 unspecified atom stereocenters. The number of aromatic nitrogens is 3. The van der Waals surface area contributed by atoms with Gasteiger partial charge in [0.1, 0.15) is 5.69 Å². The molecule has 0 spiro atoms. The van der Waals surface area contributed by atoms with Gasteiger partial charge in [-0.25, -0.2) is 0 Å². The van der Waals surface area contributed by atoms with Gasteiger partial charge >= 0.3 is 6.55 Å². The Kier molecular flexibility index (Phi) is 4.07. The number of aryl methyl sites for hydroxylation is 1.